The highest BCUT2D eigenvalue weighted by Crippen LogP contribution is 2.24. The highest BCUT2D eigenvalue weighted by atomic mass is 32.1. The molecule has 0 saturated heterocycles. The zero-order valence-corrected chi connectivity index (χ0v) is 21.9. The molecule has 0 saturated carbocycles. The number of thiazole rings is 1. The van der Waals surface area contributed by atoms with Crippen LogP contribution in [0, 0.1) is 18.6 Å². The second kappa shape index (κ2) is 12.7. The molecule has 1 atom stereocenters. The van der Waals surface area contributed by atoms with Gasteiger partial charge in [0.25, 0.3) is 5.91 Å². The van der Waals surface area contributed by atoms with E-state index >= 15 is 0 Å². The van der Waals surface area contributed by atoms with Gasteiger partial charge < -0.3 is 10.6 Å². The van der Waals surface area contributed by atoms with Crippen molar-refractivity contribution < 1.29 is 13.6 Å². The van der Waals surface area contributed by atoms with Gasteiger partial charge in [-0.15, -0.1) is 11.3 Å². The second-order valence-electron chi connectivity index (χ2n) is 9.22. The molecule has 0 aliphatic carbocycles. The minimum Gasteiger partial charge on any atom is -0.349 e. The number of nitrogens with one attached hydrogen (secondary N) is 2. The monoisotopic (exact) mass is 519 g/mol. The van der Waals surface area contributed by atoms with Gasteiger partial charge in [0.05, 0.1) is 0 Å². The SMILES string of the molecule is CCc1cccc(CNCC[C@H](Cc2cc(F)cc(F)c2)NC(=O)c2cc(C)cc(-c3nccs3)c2)c1. The molecule has 2 N–H and O–H groups in total. The largest absolute Gasteiger partial charge is 0.349 e. The Hall–Kier alpha value is -3.42. The van der Waals surface area contributed by atoms with E-state index in [2.05, 4.69) is 46.8 Å². The number of nitrogens with zero attached hydrogens (tertiary/aromatic N) is 1. The van der Waals surface area contributed by atoms with Gasteiger partial charge in [-0.2, -0.15) is 0 Å². The quantitative estimate of drug-likeness (QED) is 0.223. The van der Waals surface area contributed by atoms with Crippen molar-refractivity contribution in [1.29, 1.82) is 0 Å². The Morgan fingerprint density at radius 2 is 1.78 bits per heavy atom. The molecule has 37 heavy (non-hydrogen) atoms. The standard InChI is InChI=1S/C30H31F2N3OS/c1-3-21-5-4-6-22(13-21)19-33-8-7-28(16-23-14-26(31)18-27(32)15-23)35-29(36)24-11-20(2)12-25(17-24)30-34-9-10-37-30/h4-6,9-15,17-18,28,33H,3,7-8,16,19H2,1-2H3,(H,35,36)/t28-/m1/s1. The summed E-state index contributed by atoms with van der Waals surface area (Å²) in [7, 11) is 0. The maximum absolute atomic E-state index is 13.8. The molecule has 7 heteroatoms. The van der Waals surface area contributed by atoms with Gasteiger partial charge in [0.1, 0.15) is 16.6 Å². The van der Waals surface area contributed by atoms with E-state index in [-0.39, 0.29) is 11.9 Å². The minimum absolute atomic E-state index is 0.223. The van der Waals surface area contributed by atoms with Crippen LogP contribution < -0.4 is 10.6 Å². The van der Waals surface area contributed by atoms with Crippen LogP contribution in [0.2, 0.25) is 0 Å². The predicted molar refractivity (Wildman–Crippen MR) is 146 cm³/mol. The van der Waals surface area contributed by atoms with Gasteiger partial charge in [0, 0.05) is 41.4 Å². The third-order valence-corrected chi connectivity index (χ3v) is 6.98. The van der Waals surface area contributed by atoms with Crippen molar-refractivity contribution in [3.63, 3.8) is 0 Å². The van der Waals surface area contributed by atoms with E-state index in [1.165, 1.54) is 34.6 Å². The van der Waals surface area contributed by atoms with Gasteiger partial charge in [-0.05, 0) is 85.3 Å². The first-order chi connectivity index (χ1) is 17.9. The molecule has 0 aliphatic heterocycles. The number of amides is 1. The van der Waals surface area contributed by atoms with E-state index in [1.54, 1.807) is 6.20 Å². The number of carbonyl (C=O) groups excluding carboxylic acids is 1. The average Bonchev–Trinajstić information content (AvgIpc) is 3.41. The molecule has 4 nitrogen and oxygen atoms in total. The molecule has 1 heterocycles. The summed E-state index contributed by atoms with van der Waals surface area (Å²) in [5, 5.41) is 9.28. The van der Waals surface area contributed by atoms with Gasteiger partial charge in [-0.3, -0.25) is 4.79 Å². The third kappa shape index (κ3) is 7.78. The summed E-state index contributed by atoms with van der Waals surface area (Å²) >= 11 is 1.52. The maximum Gasteiger partial charge on any atom is 0.251 e. The van der Waals surface area contributed by atoms with Gasteiger partial charge in [-0.1, -0.05) is 31.2 Å². The lowest BCUT2D eigenvalue weighted by Crippen LogP contribution is -2.38. The fourth-order valence-corrected chi connectivity index (χ4v) is 5.01. The molecular formula is C30H31F2N3OS. The predicted octanol–water partition coefficient (Wildman–Crippen LogP) is 6.48. The zero-order chi connectivity index (χ0) is 26.2. The lowest BCUT2D eigenvalue weighted by atomic mass is 10.0. The molecular weight excluding hydrogens is 488 g/mol. The molecule has 0 radical (unpaired) electrons. The van der Waals surface area contributed by atoms with Crippen LogP contribution >= 0.6 is 11.3 Å². The normalized spacial score (nSPS) is 11.9. The van der Waals surface area contributed by atoms with Crippen molar-refractivity contribution in [3.05, 3.63) is 112 Å². The summed E-state index contributed by atoms with van der Waals surface area (Å²) in [6.45, 7) is 5.41. The summed E-state index contributed by atoms with van der Waals surface area (Å²) in [4.78, 5) is 17.6. The van der Waals surface area contributed by atoms with E-state index in [1.807, 2.05) is 30.5 Å². The number of hydrogen-bond acceptors (Lipinski definition) is 4. The number of benzene rings is 3. The highest BCUT2D eigenvalue weighted by molar-refractivity contribution is 7.13. The maximum atomic E-state index is 13.8. The van der Waals surface area contributed by atoms with E-state index in [9.17, 15) is 13.6 Å². The molecule has 0 aliphatic rings. The lowest BCUT2D eigenvalue weighted by Gasteiger charge is -2.20. The summed E-state index contributed by atoms with van der Waals surface area (Å²) < 4.78 is 27.7. The zero-order valence-electron chi connectivity index (χ0n) is 21.1. The summed E-state index contributed by atoms with van der Waals surface area (Å²) in [6, 6.07) is 17.3. The Bertz CT molecular complexity index is 1320. The first-order valence-corrected chi connectivity index (χ1v) is 13.3. The van der Waals surface area contributed by atoms with E-state index < -0.39 is 11.6 Å². The number of hydrogen-bond donors (Lipinski definition) is 2. The molecule has 1 amide bonds. The van der Waals surface area contributed by atoms with Crippen molar-refractivity contribution in [2.24, 2.45) is 0 Å². The molecule has 1 aromatic heterocycles. The fraction of sp³-hybridized carbons (Fsp3) is 0.267. The van der Waals surface area contributed by atoms with Crippen LogP contribution in [0.5, 0.6) is 0 Å². The van der Waals surface area contributed by atoms with Crippen LogP contribution in [-0.4, -0.2) is 23.5 Å². The lowest BCUT2D eigenvalue weighted by molar-refractivity contribution is 0.0935. The third-order valence-electron chi connectivity index (χ3n) is 6.16. The number of aromatic nitrogens is 1. The van der Waals surface area contributed by atoms with Crippen molar-refractivity contribution >= 4 is 17.2 Å². The number of rotatable bonds is 11. The van der Waals surface area contributed by atoms with Gasteiger partial charge >= 0.3 is 0 Å². The van der Waals surface area contributed by atoms with E-state index in [0.717, 1.165) is 28.6 Å². The highest BCUT2D eigenvalue weighted by Gasteiger charge is 2.17. The number of aryl methyl sites for hydroxylation is 2. The van der Waals surface area contributed by atoms with Crippen LogP contribution in [0.15, 0.2) is 72.2 Å². The van der Waals surface area contributed by atoms with Crippen LogP contribution in [0.3, 0.4) is 0 Å². The topological polar surface area (TPSA) is 54.0 Å². The van der Waals surface area contributed by atoms with Crippen molar-refractivity contribution in [2.45, 2.75) is 45.7 Å². The van der Waals surface area contributed by atoms with Crippen molar-refractivity contribution in [3.8, 4) is 10.6 Å². The molecule has 4 aromatic rings. The van der Waals surface area contributed by atoms with Crippen LogP contribution in [-0.2, 0) is 19.4 Å². The van der Waals surface area contributed by atoms with E-state index in [4.69, 9.17) is 0 Å². The Morgan fingerprint density at radius 3 is 2.51 bits per heavy atom. The molecule has 0 fully saturated rings. The Morgan fingerprint density at radius 1 is 1.00 bits per heavy atom. The minimum atomic E-state index is -0.624. The second-order valence-corrected chi connectivity index (χ2v) is 10.1. The van der Waals surface area contributed by atoms with Gasteiger partial charge in [0.15, 0.2) is 0 Å². The Balaban J connectivity index is 1.46. The molecule has 192 valence electrons. The average molecular weight is 520 g/mol. The summed E-state index contributed by atoms with van der Waals surface area (Å²) in [6.07, 6.45) is 3.64. The first-order valence-electron chi connectivity index (χ1n) is 12.5. The van der Waals surface area contributed by atoms with Gasteiger partial charge in [0.2, 0.25) is 0 Å². The van der Waals surface area contributed by atoms with E-state index in [0.29, 0.717) is 37.1 Å². The molecule has 4 rings (SSSR count). The smallest absolute Gasteiger partial charge is 0.251 e. The van der Waals surface area contributed by atoms with Crippen LogP contribution in [0.1, 0.15) is 46.0 Å². The Kier molecular flexibility index (Phi) is 9.14. The fourth-order valence-electron chi connectivity index (χ4n) is 4.38. The summed E-state index contributed by atoms with van der Waals surface area (Å²) in [5.74, 6) is -1.47. The molecule has 3 aromatic carbocycles. The number of carbonyl (C=O) groups is 1. The van der Waals surface area contributed by atoms with Crippen LogP contribution in [0.4, 0.5) is 8.78 Å². The summed E-state index contributed by atoms with van der Waals surface area (Å²) in [5.41, 5.74) is 5.36. The molecule has 0 bridgehead atoms. The Labute approximate surface area is 220 Å². The van der Waals surface area contributed by atoms with Crippen molar-refractivity contribution in [1.82, 2.24) is 15.6 Å². The molecule has 0 spiro atoms. The molecule has 0 unspecified atom stereocenters. The first kappa shape index (κ1) is 26.6. The van der Waals surface area contributed by atoms with Gasteiger partial charge in [-0.25, -0.2) is 13.8 Å². The number of halogens is 2. The van der Waals surface area contributed by atoms with Crippen LogP contribution in [0.25, 0.3) is 10.6 Å². The van der Waals surface area contributed by atoms with Crippen molar-refractivity contribution in [2.75, 3.05) is 6.54 Å².